The topological polar surface area (TPSA) is 42.9 Å². The van der Waals surface area contributed by atoms with Gasteiger partial charge in [-0.15, -0.1) is 0 Å². The number of aryl methyl sites for hydroxylation is 1. The SMILES string of the molecule is CC(=O)c1ccc[n+](CC(=O)c2c(-c3ccccc3)n(C)c3ccccc23)c1. The molecule has 0 N–H and O–H groups in total. The maximum Gasteiger partial charge on any atom is 0.230 e. The largest absolute Gasteiger partial charge is 0.343 e. The molecule has 4 nitrogen and oxygen atoms in total. The number of hydrogen-bond donors (Lipinski definition) is 0. The number of nitrogens with zero attached hydrogens (tertiary/aromatic N) is 2. The third-order valence-corrected chi connectivity index (χ3v) is 5.02. The molecule has 2 aromatic heterocycles. The minimum absolute atomic E-state index is 0.0151. The molecule has 0 unspecified atom stereocenters. The van der Waals surface area contributed by atoms with E-state index >= 15 is 0 Å². The van der Waals surface area contributed by atoms with Crippen LogP contribution >= 0.6 is 0 Å². The van der Waals surface area contributed by atoms with Gasteiger partial charge in [0, 0.05) is 24.0 Å². The van der Waals surface area contributed by atoms with E-state index in [1.54, 1.807) is 22.9 Å². The van der Waals surface area contributed by atoms with Crippen molar-refractivity contribution in [1.82, 2.24) is 4.57 Å². The van der Waals surface area contributed by atoms with Crippen LogP contribution in [-0.2, 0) is 13.6 Å². The van der Waals surface area contributed by atoms with E-state index < -0.39 is 0 Å². The summed E-state index contributed by atoms with van der Waals surface area (Å²) in [6.45, 7) is 1.70. The van der Waals surface area contributed by atoms with Gasteiger partial charge in [-0.1, -0.05) is 48.5 Å². The van der Waals surface area contributed by atoms with Gasteiger partial charge in [0.25, 0.3) is 0 Å². The Balaban J connectivity index is 1.85. The van der Waals surface area contributed by atoms with Crippen molar-refractivity contribution >= 4 is 22.5 Å². The van der Waals surface area contributed by atoms with Crippen LogP contribution in [0.15, 0.2) is 79.1 Å². The highest BCUT2D eigenvalue weighted by atomic mass is 16.1. The lowest BCUT2D eigenvalue weighted by atomic mass is 10.0. The third kappa shape index (κ3) is 3.14. The molecule has 4 rings (SSSR count). The number of Topliss-reactive ketones (excluding diaryl/α,β-unsaturated/α-hetero) is 2. The van der Waals surface area contributed by atoms with Crippen LogP contribution in [0.4, 0.5) is 0 Å². The third-order valence-electron chi connectivity index (χ3n) is 5.02. The Kier molecular flexibility index (Phi) is 4.62. The van der Waals surface area contributed by atoms with Crippen LogP contribution in [0.3, 0.4) is 0 Å². The number of para-hydroxylation sites is 1. The second kappa shape index (κ2) is 7.24. The highest BCUT2D eigenvalue weighted by Gasteiger charge is 2.24. The first kappa shape index (κ1) is 17.9. The van der Waals surface area contributed by atoms with Crippen molar-refractivity contribution in [2.75, 3.05) is 0 Å². The van der Waals surface area contributed by atoms with Gasteiger partial charge in [0.15, 0.2) is 18.2 Å². The van der Waals surface area contributed by atoms with Gasteiger partial charge in [-0.25, -0.2) is 0 Å². The van der Waals surface area contributed by atoms with E-state index in [4.69, 9.17) is 0 Å². The summed E-state index contributed by atoms with van der Waals surface area (Å²) in [6.07, 6.45) is 3.55. The monoisotopic (exact) mass is 369 g/mol. The zero-order valence-electron chi connectivity index (χ0n) is 15.9. The molecule has 28 heavy (non-hydrogen) atoms. The zero-order chi connectivity index (χ0) is 19.7. The maximum absolute atomic E-state index is 13.4. The van der Waals surface area contributed by atoms with Gasteiger partial charge in [0.05, 0.1) is 16.8 Å². The van der Waals surface area contributed by atoms with Gasteiger partial charge in [-0.05, 0) is 24.6 Å². The van der Waals surface area contributed by atoms with Gasteiger partial charge in [-0.2, -0.15) is 4.57 Å². The summed E-state index contributed by atoms with van der Waals surface area (Å²) < 4.78 is 3.85. The zero-order valence-corrected chi connectivity index (χ0v) is 15.9. The fraction of sp³-hybridized carbons (Fsp3) is 0.125. The molecular formula is C24H21N2O2+. The van der Waals surface area contributed by atoms with Crippen molar-refractivity contribution in [3.63, 3.8) is 0 Å². The molecular weight excluding hydrogens is 348 g/mol. The second-order valence-electron chi connectivity index (χ2n) is 6.91. The number of benzene rings is 2. The summed E-state index contributed by atoms with van der Waals surface area (Å²) in [5, 5.41) is 0.942. The Morgan fingerprint density at radius 1 is 0.929 bits per heavy atom. The van der Waals surface area contributed by atoms with Crippen molar-refractivity contribution in [2.24, 2.45) is 7.05 Å². The van der Waals surface area contributed by atoms with E-state index in [0.717, 1.165) is 22.2 Å². The van der Waals surface area contributed by atoms with Gasteiger partial charge >= 0.3 is 0 Å². The number of aromatic nitrogens is 2. The quantitative estimate of drug-likeness (QED) is 0.390. The lowest BCUT2D eigenvalue weighted by molar-refractivity contribution is -0.683. The number of pyridine rings is 1. The molecule has 4 heteroatoms. The standard InChI is InChI=1S/C24H21N2O2/c1-17(27)19-11-8-14-26(15-19)16-22(28)23-20-12-6-7-13-21(20)25(2)24(23)18-9-4-3-5-10-18/h3-15H,16H2,1-2H3/q+1. The highest BCUT2D eigenvalue weighted by Crippen LogP contribution is 2.33. The van der Waals surface area contributed by atoms with Crippen molar-refractivity contribution in [3.05, 3.63) is 90.3 Å². The summed E-state index contributed by atoms with van der Waals surface area (Å²) in [4.78, 5) is 25.1. The highest BCUT2D eigenvalue weighted by molar-refractivity contribution is 6.13. The lowest BCUT2D eigenvalue weighted by Crippen LogP contribution is -2.38. The summed E-state index contributed by atoms with van der Waals surface area (Å²) in [7, 11) is 1.99. The molecule has 0 aliphatic heterocycles. The number of ketones is 2. The molecule has 138 valence electrons. The molecule has 0 aliphatic carbocycles. The van der Waals surface area contributed by atoms with Crippen LogP contribution in [0, 0.1) is 0 Å². The predicted octanol–water partition coefficient (Wildman–Crippen LogP) is 4.22. The molecule has 0 saturated heterocycles. The Labute approximate surface area is 163 Å². The first-order valence-electron chi connectivity index (χ1n) is 9.22. The Morgan fingerprint density at radius 3 is 2.39 bits per heavy atom. The molecule has 0 saturated carbocycles. The van der Waals surface area contributed by atoms with Crippen LogP contribution in [0.1, 0.15) is 27.6 Å². The Hall–Kier alpha value is -3.53. The molecule has 0 amide bonds. The van der Waals surface area contributed by atoms with Crippen molar-refractivity contribution in [1.29, 1.82) is 0 Å². The lowest BCUT2D eigenvalue weighted by Gasteiger charge is -2.07. The number of carbonyl (C=O) groups excluding carboxylic acids is 2. The number of fused-ring (bicyclic) bond motifs is 1. The Bertz CT molecular complexity index is 1190. The first-order chi connectivity index (χ1) is 13.6. The van der Waals surface area contributed by atoms with E-state index in [9.17, 15) is 9.59 Å². The second-order valence-corrected chi connectivity index (χ2v) is 6.91. The fourth-order valence-electron chi connectivity index (χ4n) is 3.68. The average molecular weight is 369 g/mol. The molecule has 2 heterocycles. The molecule has 0 fully saturated rings. The van der Waals surface area contributed by atoms with Crippen LogP contribution < -0.4 is 4.57 Å². The van der Waals surface area contributed by atoms with Crippen LogP contribution in [0.25, 0.3) is 22.2 Å². The number of hydrogen-bond acceptors (Lipinski definition) is 2. The van der Waals surface area contributed by atoms with Crippen LogP contribution in [-0.4, -0.2) is 16.1 Å². The molecule has 0 aliphatic rings. The summed E-state index contributed by atoms with van der Waals surface area (Å²) >= 11 is 0. The Morgan fingerprint density at radius 2 is 1.64 bits per heavy atom. The predicted molar refractivity (Wildman–Crippen MR) is 109 cm³/mol. The van der Waals surface area contributed by atoms with E-state index in [-0.39, 0.29) is 18.1 Å². The van der Waals surface area contributed by atoms with Crippen LogP contribution in [0.5, 0.6) is 0 Å². The van der Waals surface area contributed by atoms with Crippen molar-refractivity contribution in [3.8, 4) is 11.3 Å². The summed E-state index contributed by atoms with van der Waals surface area (Å²) in [5.74, 6) is -0.00158. The van der Waals surface area contributed by atoms with Gasteiger partial charge in [0.1, 0.15) is 0 Å². The van der Waals surface area contributed by atoms with E-state index in [1.165, 1.54) is 6.92 Å². The average Bonchev–Trinajstić information content (AvgIpc) is 3.02. The van der Waals surface area contributed by atoms with Gasteiger partial charge < -0.3 is 4.57 Å². The van der Waals surface area contributed by atoms with E-state index in [0.29, 0.717) is 11.1 Å². The fourth-order valence-corrected chi connectivity index (χ4v) is 3.68. The summed E-state index contributed by atoms with van der Waals surface area (Å²) in [5.41, 5.74) is 4.25. The molecule has 4 aromatic rings. The van der Waals surface area contributed by atoms with E-state index in [2.05, 4.69) is 4.57 Å². The minimum atomic E-state index is -0.0167. The van der Waals surface area contributed by atoms with Crippen molar-refractivity contribution in [2.45, 2.75) is 13.5 Å². The molecule has 0 atom stereocenters. The van der Waals surface area contributed by atoms with Crippen molar-refractivity contribution < 1.29 is 14.2 Å². The van der Waals surface area contributed by atoms with E-state index in [1.807, 2.05) is 67.8 Å². The summed E-state index contributed by atoms with van der Waals surface area (Å²) in [6, 6.07) is 21.5. The van der Waals surface area contributed by atoms with Crippen LogP contribution in [0.2, 0.25) is 0 Å². The normalized spacial score (nSPS) is 10.9. The molecule has 0 bridgehead atoms. The number of rotatable bonds is 5. The maximum atomic E-state index is 13.4. The molecule has 0 radical (unpaired) electrons. The van der Waals surface area contributed by atoms with Gasteiger partial charge in [-0.3, -0.25) is 9.59 Å². The number of carbonyl (C=O) groups is 2. The van der Waals surface area contributed by atoms with Gasteiger partial charge in [0.2, 0.25) is 12.3 Å². The molecule has 2 aromatic carbocycles. The molecule has 0 spiro atoms. The minimum Gasteiger partial charge on any atom is -0.343 e. The first-order valence-corrected chi connectivity index (χ1v) is 9.22. The smallest absolute Gasteiger partial charge is 0.230 e.